The summed E-state index contributed by atoms with van der Waals surface area (Å²) in [7, 11) is -3.40. The second-order valence-electron chi connectivity index (χ2n) is 9.82. The normalized spacial score (nSPS) is 28.5. The molecule has 1 N–H and O–H groups in total. The minimum absolute atomic E-state index is 0.133. The van der Waals surface area contributed by atoms with Crippen LogP contribution < -0.4 is 0 Å². The minimum atomic E-state index is -3.40. The van der Waals surface area contributed by atoms with E-state index in [0.717, 1.165) is 24.0 Å². The first-order chi connectivity index (χ1) is 12.5. The second-order valence-corrected chi connectivity index (χ2v) is 11.7. The third-order valence-corrected chi connectivity index (χ3v) is 8.60. The highest BCUT2D eigenvalue weighted by Gasteiger charge is 2.56. The van der Waals surface area contributed by atoms with Gasteiger partial charge in [-0.2, -0.15) is 4.31 Å². The Morgan fingerprint density at radius 3 is 2.26 bits per heavy atom. The first-order valence-electron chi connectivity index (χ1n) is 10.0. The molecule has 3 saturated heterocycles. The van der Waals surface area contributed by atoms with E-state index in [2.05, 4.69) is 4.90 Å². The van der Waals surface area contributed by atoms with Gasteiger partial charge >= 0.3 is 0 Å². The van der Waals surface area contributed by atoms with Crippen LogP contribution in [0.5, 0.6) is 0 Å². The van der Waals surface area contributed by atoms with Crippen LogP contribution in [-0.2, 0) is 10.0 Å². The lowest BCUT2D eigenvalue weighted by Crippen LogP contribution is -2.64. The predicted molar refractivity (Wildman–Crippen MR) is 106 cm³/mol. The molecular formula is C21H32N2O3S. The van der Waals surface area contributed by atoms with Crippen LogP contribution in [0.3, 0.4) is 0 Å². The molecule has 27 heavy (non-hydrogen) atoms. The van der Waals surface area contributed by atoms with Gasteiger partial charge in [-0.1, -0.05) is 17.7 Å². The smallest absolute Gasteiger partial charge is 0.243 e. The van der Waals surface area contributed by atoms with E-state index in [1.165, 1.54) is 12.8 Å². The molecule has 4 rings (SSSR count). The summed E-state index contributed by atoms with van der Waals surface area (Å²) in [6, 6.07) is 6.55. The number of benzene rings is 1. The largest absolute Gasteiger partial charge is 0.389 e. The van der Waals surface area contributed by atoms with E-state index in [4.69, 9.17) is 0 Å². The van der Waals surface area contributed by atoms with Crippen LogP contribution in [0.1, 0.15) is 50.7 Å². The SMILES string of the molecule is Cc1ccc(S(=O)(=O)N2CC3(CC4CCC(C3)N4CC(C)(C)O)C2)c(C)c1. The minimum Gasteiger partial charge on any atom is -0.389 e. The van der Waals surface area contributed by atoms with E-state index in [1.807, 2.05) is 39.8 Å². The van der Waals surface area contributed by atoms with Crippen LogP contribution in [0.15, 0.2) is 23.1 Å². The second kappa shape index (κ2) is 6.28. The van der Waals surface area contributed by atoms with Gasteiger partial charge in [-0.05, 0) is 65.0 Å². The molecule has 2 unspecified atom stereocenters. The molecule has 1 aromatic rings. The van der Waals surface area contributed by atoms with Gasteiger partial charge in [0.15, 0.2) is 0 Å². The van der Waals surface area contributed by atoms with Crippen molar-refractivity contribution in [2.45, 2.75) is 76.0 Å². The number of rotatable bonds is 4. The number of fused-ring (bicyclic) bond motifs is 2. The van der Waals surface area contributed by atoms with E-state index in [-0.39, 0.29) is 5.41 Å². The highest BCUT2D eigenvalue weighted by atomic mass is 32.2. The van der Waals surface area contributed by atoms with Crippen molar-refractivity contribution in [3.63, 3.8) is 0 Å². The summed E-state index contributed by atoms with van der Waals surface area (Å²) in [5.74, 6) is 0. The number of aryl methyl sites for hydroxylation is 2. The van der Waals surface area contributed by atoms with Gasteiger partial charge in [0.05, 0.1) is 10.5 Å². The van der Waals surface area contributed by atoms with Gasteiger partial charge in [-0.25, -0.2) is 8.42 Å². The van der Waals surface area contributed by atoms with Gasteiger partial charge in [0.25, 0.3) is 0 Å². The quantitative estimate of drug-likeness (QED) is 0.856. The number of piperidine rings is 1. The molecule has 2 atom stereocenters. The Hall–Kier alpha value is -0.950. The Balaban J connectivity index is 1.47. The third kappa shape index (κ3) is 3.46. The van der Waals surface area contributed by atoms with E-state index in [0.29, 0.717) is 36.6 Å². The lowest BCUT2D eigenvalue weighted by molar-refractivity contribution is -0.0612. The van der Waals surface area contributed by atoms with Gasteiger partial charge in [0.1, 0.15) is 0 Å². The average molecular weight is 393 g/mol. The highest BCUT2D eigenvalue weighted by Crippen LogP contribution is 2.51. The van der Waals surface area contributed by atoms with Gasteiger partial charge in [0.2, 0.25) is 10.0 Å². The maximum Gasteiger partial charge on any atom is 0.243 e. The summed E-state index contributed by atoms with van der Waals surface area (Å²) in [4.78, 5) is 2.93. The Morgan fingerprint density at radius 2 is 1.74 bits per heavy atom. The van der Waals surface area contributed by atoms with Crippen LogP contribution in [0, 0.1) is 19.3 Å². The summed E-state index contributed by atoms with van der Waals surface area (Å²) in [5, 5.41) is 10.2. The van der Waals surface area contributed by atoms with Crippen LogP contribution in [0.25, 0.3) is 0 Å². The number of hydrogen-bond donors (Lipinski definition) is 1. The molecule has 0 amide bonds. The van der Waals surface area contributed by atoms with Crippen LogP contribution >= 0.6 is 0 Å². The summed E-state index contributed by atoms with van der Waals surface area (Å²) in [6.45, 7) is 9.61. The van der Waals surface area contributed by atoms with E-state index in [1.54, 1.807) is 10.4 Å². The molecular weight excluding hydrogens is 360 g/mol. The molecule has 0 radical (unpaired) electrons. The van der Waals surface area contributed by atoms with Crippen molar-refractivity contribution in [3.8, 4) is 0 Å². The fourth-order valence-electron chi connectivity index (χ4n) is 5.60. The van der Waals surface area contributed by atoms with E-state index >= 15 is 0 Å². The molecule has 6 heteroatoms. The molecule has 2 bridgehead atoms. The molecule has 5 nitrogen and oxygen atoms in total. The van der Waals surface area contributed by atoms with Gasteiger partial charge < -0.3 is 5.11 Å². The zero-order valence-electron chi connectivity index (χ0n) is 16.9. The summed E-state index contributed by atoms with van der Waals surface area (Å²) in [5.41, 5.74) is 1.37. The number of nitrogens with zero attached hydrogens (tertiary/aromatic N) is 2. The van der Waals surface area contributed by atoms with Crippen LogP contribution in [0.2, 0.25) is 0 Å². The first kappa shape index (κ1) is 19.4. The number of hydrogen-bond acceptors (Lipinski definition) is 4. The molecule has 0 saturated carbocycles. The lowest BCUT2D eigenvalue weighted by atomic mass is 9.70. The Bertz CT molecular complexity index is 821. The topological polar surface area (TPSA) is 60.9 Å². The predicted octanol–water partition coefficient (Wildman–Crippen LogP) is 2.69. The van der Waals surface area contributed by atoms with Crippen molar-refractivity contribution in [1.29, 1.82) is 0 Å². The van der Waals surface area contributed by atoms with E-state index in [9.17, 15) is 13.5 Å². The summed E-state index contributed by atoms with van der Waals surface area (Å²) in [6.07, 6.45) is 4.45. The third-order valence-electron chi connectivity index (χ3n) is 6.65. The monoisotopic (exact) mass is 392 g/mol. The fraction of sp³-hybridized carbons (Fsp3) is 0.714. The molecule has 3 aliphatic rings. The van der Waals surface area contributed by atoms with E-state index < -0.39 is 15.6 Å². The average Bonchev–Trinajstić information content (AvgIpc) is 2.74. The Labute approximate surface area is 163 Å². The zero-order chi connectivity index (χ0) is 19.6. The van der Waals surface area contributed by atoms with Gasteiger partial charge in [0, 0.05) is 37.1 Å². The standard InChI is InChI=1S/C21H32N2O3S/c1-15-5-8-19(16(2)9-15)27(25,26)22-13-21(14-22)10-17-6-7-18(11-21)23(17)12-20(3,4)24/h5,8-9,17-18,24H,6-7,10-14H2,1-4H3. The fourth-order valence-corrected chi connectivity index (χ4v) is 7.47. The summed E-state index contributed by atoms with van der Waals surface area (Å²) < 4.78 is 27.8. The molecule has 1 spiro atoms. The van der Waals surface area contributed by atoms with Crippen molar-refractivity contribution in [1.82, 2.24) is 9.21 Å². The van der Waals surface area contributed by atoms with Crippen molar-refractivity contribution < 1.29 is 13.5 Å². The Kier molecular flexibility index (Phi) is 4.50. The first-order valence-corrected chi connectivity index (χ1v) is 11.5. The van der Waals surface area contributed by atoms with Gasteiger partial charge in [-0.15, -0.1) is 0 Å². The molecule has 1 aromatic carbocycles. The maximum absolute atomic E-state index is 13.1. The lowest BCUT2D eigenvalue weighted by Gasteiger charge is -2.56. The summed E-state index contributed by atoms with van der Waals surface area (Å²) >= 11 is 0. The molecule has 3 aliphatic heterocycles. The molecule has 0 aliphatic carbocycles. The highest BCUT2D eigenvalue weighted by molar-refractivity contribution is 7.89. The molecule has 150 valence electrons. The number of sulfonamides is 1. The van der Waals surface area contributed by atoms with Crippen LogP contribution in [0.4, 0.5) is 0 Å². The molecule has 0 aromatic heterocycles. The zero-order valence-corrected chi connectivity index (χ0v) is 17.7. The van der Waals surface area contributed by atoms with Crippen molar-refractivity contribution in [2.75, 3.05) is 19.6 Å². The number of aliphatic hydroxyl groups is 1. The van der Waals surface area contributed by atoms with Gasteiger partial charge in [-0.3, -0.25) is 4.90 Å². The maximum atomic E-state index is 13.1. The molecule has 3 fully saturated rings. The van der Waals surface area contributed by atoms with Crippen LogP contribution in [-0.4, -0.2) is 60.0 Å². The molecule has 3 heterocycles. The Morgan fingerprint density at radius 1 is 1.15 bits per heavy atom. The van der Waals surface area contributed by atoms with Crippen molar-refractivity contribution in [3.05, 3.63) is 29.3 Å². The van der Waals surface area contributed by atoms with Crippen molar-refractivity contribution >= 4 is 10.0 Å². The van der Waals surface area contributed by atoms with Crippen molar-refractivity contribution in [2.24, 2.45) is 5.41 Å².